The second kappa shape index (κ2) is 6.09. The van der Waals surface area contributed by atoms with Crippen molar-refractivity contribution in [1.82, 2.24) is 5.32 Å². The first kappa shape index (κ1) is 18.0. The molecule has 6 nitrogen and oxygen atoms in total. The molecule has 4 N–H and O–H groups in total. The van der Waals surface area contributed by atoms with Crippen LogP contribution in [0.4, 0.5) is 5.69 Å². The van der Waals surface area contributed by atoms with E-state index in [1.807, 2.05) is 0 Å². The van der Waals surface area contributed by atoms with Crippen LogP contribution >= 0.6 is 23.2 Å². The molecule has 0 bridgehead atoms. The van der Waals surface area contributed by atoms with E-state index in [0.717, 1.165) is 19.3 Å². The average molecular weight is 398 g/mol. The van der Waals surface area contributed by atoms with Gasteiger partial charge in [-0.25, -0.2) is 0 Å². The molecule has 4 rings (SSSR count). The van der Waals surface area contributed by atoms with E-state index in [-0.39, 0.29) is 18.2 Å². The van der Waals surface area contributed by atoms with E-state index in [9.17, 15) is 14.7 Å². The molecule has 1 aromatic carbocycles. The standard InChI is InChI=1S/C18H21Cl2N3O3/c19-10-2-3-13(11(20)8-10)23-7-4-12(15(23)25)22-16(26)18(21)9-14(24)17(18)5-1-6-17/h2-3,8,12,14,24H,1,4-7,9,21H2,(H,22,26)/t12?,14-,18-/m0/s1. The minimum Gasteiger partial charge on any atom is -0.392 e. The minimum atomic E-state index is -1.09. The lowest BCUT2D eigenvalue weighted by Crippen LogP contribution is -2.79. The van der Waals surface area contributed by atoms with Crippen LogP contribution in [0.1, 0.15) is 32.1 Å². The van der Waals surface area contributed by atoms with E-state index in [4.69, 9.17) is 28.9 Å². The molecule has 26 heavy (non-hydrogen) atoms. The zero-order valence-corrected chi connectivity index (χ0v) is 15.7. The minimum absolute atomic E-state index is 0.214. The van der Waals surface area contributed by atoms with E-state index in [2.05, 4.69) is 5.32 Å². The molecule has 2 saturated carbocycles. The molecule has 140 valence electrons. The molecule has 3 atom stereocenters. The van der Waals surface area contributed by atoms with Gasteiger partial charge in [0.25, 0.3) is 0 Å². The molecule has 2 amide bonds. The lowest BCUT2D eigenvalue weighted by Gasteiger charge is -2.64. The van der Waals surface area contributed by atoms with E-state index in [1.54, 1.807) is 23.1 Å². The van der Waals surface area contributed by atoms with Gasteiger partial charge in [0.05, 0.1) is 16.8 Å². The average Bonchev–Trinajstić information content (AvgIpc) is 2.86. The quantitative estimate of drug-likeness (QED) is 0.724. The van der Waals surface area contributed by atoms with Gasteiger partial charge in [0.15, 0.2) is 0 Å². The van der Waals surface area contributed by atoms with E-state index >= 15 is 0 Å². The Morgan fingerprint density at radius 2 is 2.08 bits per heavy atom. The third-order valence-corrected chi connectivity index (χ3v) is 6.94. The predicted molar refractivity (Wildman–Crippen MR) is 99.2 cm³/mol. The summed E-state index contributed by atoms with van der Waals surface area (Å²) in [4.78, 5) is 27.1. The number of nitrogens with two attached hydrogens (primary N) is 1. The molecule has 3 fully saturated rings. The fourth-order valence-electron chi connectivity index (χ4n) is 4.57. The lowest BCUT2D eigenvalue weighted by atomic mass is 9.44. The number of carbonyl (C=O) groups is 2. The van der Waals surface area contributed by atoms with Gasteiger partial charge in [0.2, 0.25) is 11.8 Å². The van der Waals surface area contributed by atoms with Crippen LogP contribution in [0.3, 0.4) is 0 Å². The SMILES string of the molecule is N[C@]1(C(=O)NC2CCN(c3ccc(Cl)cc3Cl)C2=O)C[C@H](O)C12CCC2. The molecule has 0 aromatic heterocycles. The molecule has 1 aliphatic heterocycles. The first-order chi connectivity index (χ1) is 12.3. The van der Waals surface area contributed by atoms with Crippen molar-refractivity contribution >= 4 is 40.7 Å². The fraction of sp³-hybridized carbons (Fsp3) is 0.556. The van der Waals surface area contributed by atoms with Crippen molar-refractivity contribution < 1.29 is 14.7 Å². The molecule has 0 radical (unpaired) electrons. The Morgan fingerprint density at radius 1 is 1.35 bits per heavy atom. The maximum Gasteiger partial charge on any atom is 0.249 e. The van der Waals surface area contributed by atoms with Crippen LogP contribution in [-0.4, -0.2) is 41.2 Å². The van der Waals surface area contributed by atoms with Crippen molar-refractivity contribution in [2.45, 2.75) is 49.8 Å². The van der Waals surface area contributed by atoms with Crippen molar-refractivity contribution in [3.8, 4) is 0 Å². The summed E-state index contributed by atoms with van der Waals surface area (Å²) in [5, 5.41) is 13.8. The number of benzene rings is 1. The number of hydrogen-bond acceptors (Lipinski definition) is 4. The maximum atomic E-state index is 12.8. The van der Waals surface area contributed by atoms with Crippen LogP contribution in [0, 0.1) is 5.41 Å². The smallest absolute Gasteiger partial charge is 0.249 e. The lowest BCUT2D eigenvalue weighted by molar-refractivity contribution is -0.193. The number of nitrogens with one attached hydrogen (secondary N) is 1. The summed E-state index contributed by atoms with van der Waals surface area (Å²) in [5.41, 5.74) is 5.33. The van der Waals surface area contributed by atoms with Crippen LogP contribution in [0.25, 0.3) is 0 Å². The summed E-state index contributed by atoms with van der Waals surface area (Å²) in [6.45, 7) is 0.455. The highest BCUT2D eigenvalue weighted by Crippen LogP contribution is 2.61. The summed E-state index contributed by atoms with van der Waals surface area (Å²) >= 11 is 12.1. The summed E-state index contributed by atoms with van der Waals surface area (Å²) in [5.74, 6) is -0.557. The van der Waals surface area contributed by atoms with Gasteiger partial charge in [0, 0.05) is 23.4 Å². The van der Waals surface area contributed by atoms with Gasteiger partial charge in [0.1, 0.15) is 11.6 Å². The Balaban J connectivity index is 1.47. The summed E-state index contributed by atoms with van der Waals surface area (Å²) < 4.78 is 0. The number of halogens is 2. The monoisotopic (exact) mass is 397 g/mol. The fourth-order valence-corrected chi connectivity index (χ4v) is 5.08. The predicted octanol–water partition coefficient (Wildman–Crippen LogP) is 1.85. The van der Waals surface area contributed by atoms with Crippen LogP contribution < -0.4 is 16.0 Å². The van der Waals surface area contributed by atoms with Crippen LogP contribution in [0.15, 0.2) is 18.2 Å². The van der Waals surface area contributed by atoms with Gasteiger partial charge < -0.3 is 21.1 Å². The van der Waals surface area contributed by atoms with E-state index in [1.165, 1.54) is 0 Å². The van der Waals surface area contributed by atoms with Gasteiger partial charge in [-0.3, -0.25) is 9.59 Å². The van der Waals surface area contributed by atoms with Gasteiger partial charge >= 0.3 is 0 Å². The van der Waals surface area contributed by atoms with Crippen LogP contribution in [0.5, 0.6) is 0 Å². The molecule has 1 saturated heterocycles. The van der Waals surface area contributed by atoms with Gasteiger partial charge in [-0.05, 0) is 37.5 Å². The molecule has 2 aliphatic carbocycles. The van der Waals surface area contributed by atoms with Gasteiger partial charge in [-0.15, -0.1) is 0 Å². The van der Waals surface area contributed by atoms with Crippen LogP contribution in [-0.2, 0) is 9.59 Å². The molecule has 1 aromatic rings. The number of anilines is 1. The van der Waals surface area contributed by atoms with Gasteiger partial charge in [-0.1, -0.05) is 29.6 Å². The number of hydrogen-bond donors (Lipinski definition) is 3. The molecule has 1 spiro atoms. The molecule has 8 heteroatoms. The largest absolute Gasteiger partial charge is 0.392 e. The normalized spacial score (nSPS) is 32.3. The maximum absolute atomic E-state index is 12.8. The van der Waals surface area contributed by atoms with Crippen molar-refractivity contribution in [3.63, 3.8) is 0 Å². The summed E-state index contributed by atoms with van der Waals surface area (Å²) in [7, 11) is 0. The van der Waals surface area contributed by atoms with E-state index in [0.29, 0.717) is 28.7 Å². The van der Waals surface area contributed by atoms with Crippen LogP contribution in [0.2, 0.25) is 10.0 Å². The second-order valence-electron chi connectivity index (χ2n) is 7.60. The Kier molecular flexibility index (Phi) is 4.23. The highest BCUT2D eigenvalue weighted by atomic mass is 35.5. The number of rotatable bonds is 3. The third-order valence-electron chi connectivity index (χ3n) is 6.40. The molecule has 1 unspecified atom stereocenters. The summed E-state index contributed by atoms with van der Waals surface area (Å²) in [6, 6.07) is 4.32. The number of amides is 2. The number of carbonyl (C=O) groups excluding carboxylic acids is 2. The molecular formula is C18H21Cl2N3O3. The zero-order valence-electron chi connectivity index (χ0n) is 14.2. The Bertz CT molecular complexity index is 783. The Hall–Kier alpha value is -1.34. The Morgan fingerprint density at radius 3 is 2.65 bits per heavy atom. The van der Waals surface area contributed by atoms with Crippen molar-refractivity contribution in [2.24, 2.45) is 11.1 Å². The van der Waals surface area contributed by atoms with Crippen molar-refractivity contribution in [2.75, 3.05) is 11.4 Å². The highest BCUT2D eigenvalue weighted by molar-refractivity contribution is 6.36. The third kappa shape index (κ3) is 2.39. The highest BCUT2D eigenvalue weighted by Gasteiger charge is 2.69. The Labute approximate surface area is 161 Å². The molecular weight excluding hydrogens is 377 g/mol. The first-order valence-corrected chi connectivity index (χ1v) is 9.58. The second-order valence-corrected chi connectivity index (χ2v) is 8.44. The van der Waals surface area contributed by atoms with Gasteiger partial charge in [-0.2, -0.15) is 0 Å². The molecule has 1 heterocycles. The van der Waals surface area contributed by atoms with Crippen molar-refractivity contribution in [1.29, 1.82) is 0 Å². The number of aliphatic hydroxyl groups excluding tert-OH is 1. The summed E-state index contributed by atoms with van der Waals surface area (Å²) in [6.07, 6.45) is 2.67. The topological polar surface area (TPSA) is 95.7 Å². The number of nitrogens with zero attached hydrogens (tertiary/aromatic N) is 1. The first-order valence-electron chi connectivity index (χ1n) is 8.83. The van der Waals surface area contributed by atoms with E-state index < -0.39 is 23.1 Å². The zero-order chi connectivity index (χ0) is 18.7. The van der Waals surface area contributed by atoms with Crippen molar-refractivity contribution in [3.05, 3.63) is 28.2 Å². The number of aliphatic hydroxyl groups is 1. The molecule has 3 aliphatic rings.